The molecule has 82 valence electrons. The maximum absolute atomic E-state index is 10.0. The standard InChI is InChI=1S/C11H13BrO3/c12-9(11-14-6-7-15-11)10(13)8-4-2-1-3-5-8/h1-5,9-11,13H,6-7H2. The van der Waals surface area contributed by atoms with Crippen molar-refractivity contribution in [3.05, 3.63) is 35.9 Å². The molecule has 0 aromatic heterocycles. The molecular weight excluding hydrogens is 260 g/mol. The smallest absolute Gasteiger partial charge is 0.173 e. The first-order valence-corrected chi connectivity index (χ1v) is 5.81. The third-order valence-electron chi connectivity index (χ3n) is 2.35. The third-order valence-corrected chi connectivity index (χ3v) is 3.28. The fourth-order valence-corrected chi connectivity index (χ4v) is 2.15. The molecule has 1 aromatic carbocycles. The van der Waals surface area contributed by atoms with E-state index in [0.717, 1.165) is 5.56 Å². The lowest BCUT2D eigenvalue weighted by Gasteiger charge is -2.21. The van der Waals surface area contributed by atoms with Crippen LogP contribution in [0.3, 0.4) is 0 Å². The summed E-state index contributed by atoms with van der Waals surface area (Å²) in [5.74, 6) is 0. The molecule has 1 heterocycles. The van der Waals surface area contributed by atoms with Crippen molar-refractivity contribution in [1.29, 1.82) is 0 Å². The van der Waals surface area contributed by atoms with Crippen LogP contribution >= 0.6 is 15.9 Å². The Balaban J connectivity index is 2.03. The molecule has 2 atom stereocenters. The highest BCUT2D eigenvalue weighted by Gasteiger charge is 2.31. The molecule has 2 rings (SSSR count). The van der Waals surface area contributed by atoms with Gasteiger partial charge in [0.1, 0.15) is 0 Å². The van der Waals surface area contributed by atoms with E-state index < -0.39 is 6.10 Å². The van der Waals surface area contributed by atoms with E-state index in [2.05, 4.69) is 15.9 Å². The molecule has 0 amide bonds. The first kappa shape index (κ1) is 11.1. The third kappa shape index (κ3) is 2.58. The second kappa shape index (κ2) is 5.07. The van der Waals surface area contributed by atoms with Crippen molar-refractivity contribution in [3.8, 4) is 0 Å². The van der Waals surface area contributed by atoms with Crippen LogP contribution in [0.4, 0.5) is 0 Å². The number of hydrogen-bond donors (Lipinski definition) is 1. The van der Waals surface area contributed by atoms with E-state index in [1.165, 1.54) is 0 Å². The molecule has 1 aromatic rings. The van der Waals surface area contributed by atoms with Gasteiger partial charge in [-0.15, -0.1) is 0 Å². The molecule has 4 heteroatoms. The summed E-state index contributed by atoms with van der Waals surface area (Å²) < 4.78 is 10.7. The zero-order valence-electron chi connectivity index (χ0n) is 8.17. The highest BCUT2D eigenvalue weighted by atomic mass is 79.9. The van der Waals surface area contributed by atoms with Gasteiger partial charge in [-0.25, -0.2) is 0 Å². The fraction of sp³-hybridized carbons (Fsp3) is 0.455. The van der Waals surface area contributed by atoms with Gasteiger partial charge in [-0.2, -0.15) is 0 Å². The number of benzene rings is 1. The van der Waals surface area contributed by atoms with Crippen LogP contribution in [0, 0.1) is 0 Å². The molecule has 1 N–H and O–H groups in total. The summed E-state index contributed by atoms with van der Waals surface area (Å²) in [6.07, 6.45) is -0.977. The van der Waals surface area contributed by atoms with Crippen molar-refractivity contribution < 1.29 is 14.6 Å². The maximum atomic E-state index is 10.0. The van der Waals surface area contributed by atoms with Gasteiger partial charge >= 0.3 is 0 Å². The van der Waals surface area contributed by atoms with Gasteiger partial charge in [0.2, 0.25) is 0 Å². The van der Waals surface area contributed by atoms with Gasteiger partial charge in [-0.3, -0.25) is 0 Å². The van der Waals surface area contributed by atoms with E-state index >= 15 is 0 Å². The van der Waals surface area contributed by atoms with E-state index in [1.54, 1.807) is 0 Å². The maximum Gasteiger partial charge on any atom is 0.173 e. The molecule has 0 saturated carbocycles. The van der Waals surface area contributed by atoms with E-state index in [4.69, 9.17) is 9.47 Å². The Morgan fingerprint density at radius 3 is 2.40 bits per heavy atom. The Morgan fingerprint density at radius 1 is 1.20 bits per heavy atom. The molecule has 0 radical (unpaired) electrons. The topological polar surface area (TPSA) is 38.7 Å². The van der Waals surface area contributed by atoms with Crippen molar-refractivity contribution in [2.45, 2.75) is 17.2 Å². The second-order valence-electron chi connectivity index (χ2n) is 3.41. The van der Waals surface area contributed by atoms with Gasteiger partial charge in [0.05, 0.1) is 24.1 Å². The first-order chi connectivity index (χ1) is 7.29. The normalized spacial score (nSPS) is 21.5. The molecule has 1 fully saturated rings. The minimum Gasteiger partial charge on any atom is -0.387 e. The Bertz CT molecular complexity index is 298. The van der Waals surface area contributed by atoms with Crippen molar-refractivity contribution in [3.63, 3.8) is 0 Å². The number of ether oxygens (including phenoxy) is 2. The molecular formula is C11H13BrO3. The molecule has 3 nitrogen and oxygen atoms in total. The largest absolute Gasteiger partial charge is 0.387 e. The molecule has 1 aliphatic heterocycles. The van der Waals surface area contributed by atoms with Crippen LogP contribution < -0.4 is 0 Å². The van der Waals surface area contributed by atoms with Crippen LogP contribution in [0.5, 0.6) is 0 Å². The fourth-order valence-electron chi connectivity index (χ4n) is 1.54. The monoisotopic (exact) mass is 272 g/mol. The summed E-state index contributed by atoms with van der Waals surface area (Å²) in [4.78, 5) is -0.234. The number of hydrogen-bond acceptors (Lipinski definition) is 3. The van der Waals surface area contributed by atoms with Gasteiger partial charge in [-0.1, -0.05) is 46.3 Å². The lowest BCUT2D eigenvalue weighted by atomic mass is 10.1. The Hall–Kier alpha value is -0.420. The summed E-state index contributed by atoms with van der Waals surface area (Å²) in [7, 11) is 0. The van der Waals surface area contributed by atoms with Crippen LogP contribution in [0.1, 0.15) is 11.7 Å². The van der Waals surface area contributed by atoms with Crippen LogP contribution in [0.15, 0.2) is 30.3 Å². The zero-order chi connectivity index (χ0) is 10.7. The predicted molar refractivity (Wildman–Crippen MR) is 59.8 cm³/mol. The summed E-state index contributed by atoms with van der Waals surface area (Å²) >= 11 is 3.41. The van der Waals surface area contributed by atoms with Crippen molar-refractivity contribution >= 4 is 15.9 Å². The van der Waals surface area contributed by atoms with Crippen LogP contribution in [-0.2, 0) is 9.47 Å². The summed E-state index contributed by atoms with van der Waals surface area (Å²) in [5.41, 5.74) is 0.860. The molecule has 1 aliphatic rings. The molecule has 2 unspecified atom stereocenters. The van der Waals surface area contributed by atoms with Crippen molar-refractivity contribution in [1.82, 2.24) is 0 Å². The molecule has 15 heavy (non-hydrogen) atoms. The number of alkyl halides is 1. The molecule has 0 spiro atoms. The minimum absolute atomic E-state index is 0.234. The van der Waals surface area contributed by atoms with E-state index in [1.807, 2.05) is 30.3 Å². The predicted octanol–water partition coefficient (Wildman–Crippen LogP) is 1.86. The average molecular weight is 273 g/mol. The summed E-state index contributed by atoms with van der Waals surface area (Å²) in [6, 6.07) is 9.48. The zero-order valence-corrected chi connectivity index (χ0v) is 9.76. The second-order valence-corrected chi connectivity index (χ2v) is 4.47. The molecule has 0 aliphatic carbocycles. The Kier molecular flexibility index (Phi) is 3.75. The van der Waals surface area contributed by atoms with Crippen molar-refractivity contribution in [2.75, 3.05) is 13.2 Å². The lowest BCUT2D eigenvalue weighted by molar-refractivity contribution is -0.0628. The van der Waals surface area contributed by atoms with Crippen LogP contribution in [0.2, 0.25) is 0 Å². The Labute approximate surface area is 97.1 Å². The van der Waals surface area contributed by atoms with Gasteiger partial charge in [0.25, 0.3) is 0 Å². The first-order valence-electron chi connectivity index (χ1n) is 4.89. The number of aliphatic hydroxyl groups excluding tert-OH is 1. The highest BCUT2D eigenvalue weighted by molar-refractivity contribution is 9.09. The number of halogens is 1. The van der Waals surface area contributed by atoms with Gasteiger partial charge in [0, 0.05) is 0 Å². The van der Waals surface area contributed by atoms with Gasteiger partial charge in [0.15, 0.2) is 6.29 Å². The molecule has 0 bridgehead atoms. The van der Waals surface area contributed by atoms with Crippen molar-refractivity contribution in [2.24, 2.45) is 0 Å². The lowest BCUT2D eigenvalue weighted by Crippen LogP contribution is -2.27. The van der Waals surface area contributed by atoms with Gasteiger partial charge < -0.3 is 14.6 Å². The number of rotatable bonds is 3. The molecule has 1 saturated heterocycles. The Morgan fingerprint density at radius 2 is 1.80 bits per heavy atom. The quantitative estimate of drug-likeness (QED) is 0.854. The van der Waals surface area contributed by atoms with Gasteiger partial charge in [-0.05, 0) is 5.56 Å². The average Bonchev–Trinajstić information content (AvgIpc) is 2.82. The van der Waals surface area contributed by atoms with Crippen LogP contribution in [0.25, 0.3) is 0 Å². The van der Waals surface area contributed by atoms with E-state index in [0.29, 0.717) is 13.2 Å². The van der Waals surface area contributed by atoms with E-state index in [9.17, 15) is 5.11 Å². The summed E-state index contributed by atoms with van der Waals surface area (Å²) in [6.45, 7) is 1.18. The highest BCUT2D eigenvalue weighted by Crippen LogP contribution is 2.28. The number of aliphatic hydroxyl groups is 1. The summed E-state index contributed by atoms with van der Waals surface area (Å²) in [5, 5.41) is 10.0. The van der Waals surface area contributed by atoms with Crippen LogP contribution in [-0.4, -0.2) is 29.4 Å². The van der Waals surface area contributed by atoms with E-state index in [-0.39, 0.29) is 11.1 Å². The SMILES string of the molecule is OC(c1ccccc1)C(Br)C1OCCO1. The minimum atomic E-state index is -0.616.